The predicted octanol–water partition coefficient (Wildman–Crippen LogP) is 5.17. The van der Waals surface area contributed by atoms with Gasteiger partial charge in [-0.05, 0) is 74.2 Å². The van der Waals surface area contributed by atoms with E-state index < -0.39 is 10.8 Å². The fraction of sp³-hybridized carbons (Fsp3) is 0.259. The molecule has 0 spiro atoms. The first-order valence-corrected chi connectivity index (χ1v) is 12.6. The van der Waals surface area contributed by atoms with Gasteiger partial charge in [-0.25, -0.2) is 8.60 Å². The maximum absolute atomic E-state index is 13.7. The quantitative estimate of drug-likeness (QED) is 0.524. The summed E-state index contributed by atoms with van der Waals surface area (Å²) in [6.07, 6.45) is 3.03. The van der Waals surface area contributed by atoms with Crippen LogP contribution in [0.1, 0.15) is 52.5 Å². The van der Waals surface area contributed by atoms with Crippen molar-refractivity contribution in [2.24, 2.45) is 0 Å². The molecule has 3 aromatic carbocycles. The zero-order valence-electron chi connectivity index (χ0n) is 18.9. The van der Waals surface area contributed by atoms with Crippen molar-refractivity contribution in [3.05, 3.63) is 89.2 Å². The van der Waals surface area contributed by atoms with Gasteiger partial charge in [-0.1, -0.05) is 24.3 Å². The molecule has 2 aliphatic heterocycles. The van der Waals surface area contributed by atoms with E-state index >= 15 is 0 Å². The van der Waals surface area contributed by atoms with Crippen LogP contribution in [0.15, 0.2) is 76.5 Å². The number of fused-ring (bicyclic) bond motifs is 2. The Kier molecular flexibility index (Phi) is 6.04. The van der Waals surface area contributed by atoms with Crippen LogP contribution in [0.2, 0.25) is 0 Å². The molecular weight excluding hydrogens is 451 g/mol. The van der Waals surface area contributed by atoms with Crippen LogP contribution < -0.4 is 4.90 Å². The molecular formula is C27H25FN2O3S. The number of hydrogen-bond acceptors (Lipinski definition) is 3. The molecule has 2 amide bonds. The molecule has 0 radical (unpaired) electrons. The zero-order chi connectivity index (χ0) is 23.8. The lowest BCUT2D eigenvalue weighted by Crippen LogP contribution is -2.42. The van der Waals surface area contributed by atoms with E-state index in [-0.39, 0.29) is 30.2 Å². The number of benzene rings is 3. The van der Waals surface area contributed by atoms with Gasteiger partial charge in [-0.3, -0.25) is 9.59 Å². The average Bonchev–Trinajstić information content (AvgIpc) is 2.94. The molecule has 1 saturated heterocycles. The Morgan fingerprint density at radius 2 is 1.79 bits per heavy atom. The lowest BCUT2D eigenvalue weighted by Gasteiger charge is -2.33. The number of halogens is 1. The van der Waals surface area contributed by atoms with Crippen molar-refractivity contribution in [2.45, 2.75) is 48.6 Å². The highest BCUT2D eigenvalue weighted by atomic mass is 32.2. The average molecular weight is 477 g/mol. The Labute approximate surface area is 200 Å². The van der Waals surface area contributed by atoms with Crippen LogP contribution in [0, 0.1) is 5.82 Å². The Hall–Kier alpha value is -3.32. The van der Waals surface area contributed by atoms with E-state index in [1.807, 2.05) is 4.90 Å². The van der Waals surface area contributed by atoms with Crippen LogP contribution in [0.3, 0.4) is 0 Å². The van der Waals surface area contributed by atoms with Gasteiger partial charge in [0.25, 0.3) is 11.8 Å². The van der Waals surface area contributed by atoms with E-state index in [0.29, 0.717) is 33.2 Å². The molecule has 34 heavy (non-hydrogen) atoms. The summed E-state index contributed by atoms with van der Waals surface area (Å²) in [6.45, 7) is 2.92. The third kappa shape index (κ3) is 4.05. The molecule has 0 saturated carbocycles. The van der Waals surface area contributed by atoms with Crippen molar-refractivity contribution in [2.75, 3.05) is 11.4 Å². The molecule has 0 N–H and O–H groups in total. The number of piperidine rings is 1. The molecule has 2 aliphatic rings. The van der Waals surface area contributed by atoms with E-state index in [4.69, 9.17) is 0 Å². The van der Waals surface area contributed by atoms with Gasteiger partial charge in [0.1, 0.15) is 5.82 Å². The highest BCUT2D eigenvalue weighted by Gasteiger charge is 2.32. The molecule has 2 heterocycles. The van der Waals surface area contributed by atoms with Gasteiger partial charge < -0.3 is 9.80 Å². The van der Waals surface area contributed by atoms with E-state index in [0.717, 1.165) is 24.8 Å². The molecule has 174 valence electrons. The van der Waals surface area contributed by atoms with Gasteiger partial charge >= 0.3 is 0 Å². The maximum Gasteiger partial charge on any atom is 0.259 e. The van der Waals surface area contributed by atoms with Crippen LogP contribution in [-0.2, 0) is 17.3 Å². The summed E-state index contributed by atoms with van der Waals surface area (Å²) in [5, 5.41) is 0. The molecule has 2 atom stereocenters. The normalized spacial score (nSPS) is 19.9. The number of likely N-dealkylation sites (tertiary alicyclic amines) is 1. The number of rotatable bonds is 3. The van der Waals surface area contributed by atoms with Crippen LogP contribution in [0.4, 0.5) is 10.1 Å². The van der Waals surface area contributed by atoms with Crippen molar-refractivity contribution >= 4 is 28.3 Å². The SMILES string of the molecule is C[C@H]1CCCCN1C(=O)c1ccc2c(c1)N(Cc1ccc(F)cc1)C(=O)c1ccccc1[S@]2=O. The van der Waals surface area contributed by atoms with E-state index in [1.54, 1.807) is 59.5 Å². The second-order valence-corrected chi connectivity index (χ2v) is 10.2. The Bertz CT molecular complexity index is 1290. The van der Waals surface area contributed by atoms with Gasteiger partial charge in [0.2, 0.25) is 0 Å². The van der Waals surface area contributed by atoms with Crippen molar-refractivity contribution in [3.8, 4) is 0 Å². The summed E-state index contributed by atoms with van der Waals surface area (Å²) in [6, 6.07) is 18.0. The van der Waals surface area contributed by atoms with E-state index in [2.05, 4.69) is 6.92 Å². The molecule has 0 aliphatic carbocycles. The van der Waals surface area contributed by atoms with Gasteiger partial charge in [-0.2, -0.15) is 0 Å². The first-order valence-electron chi connectivity index (χ1n) is 11.5. The third-order valence-corrected chi connectivity index (χ3v) is 8.08. The topological polar surface area (TPSA) is 57.7 Å². The van der Waals surface area contributed by atoms with Crippen LogP contribution in [-0.4, -0.2) is 33.5 Å². The van der Waals surface area contributed by atoms with Gasteiger partial charge in [0.15, 0.2) is 0 Å². The van der Waals surface area contributed by atoms with Crippen molar-refractivity contribution < 1.29 is 18.2 Å². The maximum atomic E-state index is 13.7. The molecule has 5 nitrogen and oxygen atoms in total. The molecule has 3 aromatic rings. The number of carbonyl (C=O) groups is 2. The number of hydrogen-bond donors (Lipinski definition) is 0. The first-order chi connectivity index (χ1) is 16.4. The summed E-state index contributed by atoms with van der Waals surface area (Å²) in [5.41, 5.74) is 2.00. The molecule has 7 heteroatoms. The van der Waals surface area contributed by atoms with Crippen LogP contribution >= 0.6 is 0 Å². The number of amides is 2. The van der Waals surface area contributed by atoms with E-state index in [9.17, 15) is 18.2 Å². The Morgan fingerprint density at radius 1 is 1.03 bits per heavy atom. The predicted molar refractivity (Wildman–Crippen MR) is 129 cm³/mol. The van der Waals surface area contributed by atoms with Gasteiger partial charge in [0.05, 0.1) is 38.4 Å². The molecule has 0 unspecified atom stereocenters. The smallest absolute Gasteiger partial charge is 0.259 e. The largest absolute Gasteiger partial charge is 0.336 e. The number of nitrogens with zero attached hydrogens (tertiary/aromatic N) is 2. The lowest BCUT2D eigenvalue weighted by molar-refractivity contribution is 0.0635. The highest BCUT2D eigenvalue weighted by molar-refractivity contribution is 7.85. The summed E-state index contributed by atoms with van der Waals surface area (Å²) in [5.74, 6) is -0.749. The van der Waals surface area contributed by atoms with Crippen LogP contribution in [0.5, 0.6) is 0 Å². The summed E-state index contributed by atoms with van der Waals surface area (Å²) >= 11 is 0. The number of carbonyl (C=O) groups excluding carboxylic acids is 2. The second kappa shape index (κ2) is 9.14. The summed E-state index contributed by atoms with van der Waals surface area (Å²) in [7, 11) is -1.59. The summed E-state index contributed by atoms with van der Waals surface area (Å²) in [4.78, 5) is 31.4. The number of anilines is 1. The lowest BCUT2D eigenvalue weighted by atomic mass is 10.0. The fourth-order valence-corrected chi connectivity index (χ4v) is 6.04. The zero-order valence-corrected chi connectivity index (χ0v) is 19.7. The third-order valence-electron chi connectivity index (χ3n) is 6.58. The first kappa shape index (κ1) is 22.5. The van der Waals surface area contributed by atoms with Crippen LogP contribution in [0.25, 0.3) is 0 Å². The Morgan fingerprint density at radius 3 is 2.56 bits per heavy atom. The Balaban J connectivity index is 1.62. The van der Waals surface area contributed by atoms with Gasteiger partial charge in [-0.15, -0.1) is 0 Å². The van der Waals surface area contributed by atoms with Crippen molar-refractivity contribution in [3.63, 3.8) is 0 Å². The van der Waals surface area contributed by atoms with Crippen molar-refractivity contribution in [1.29, 1.82) is 0 Å². The van der Waals surface area contributed by atoms with E-state index in [1.165, 1.54) is 12.1 Å². The second-order valence-electron chi connectivity index (χ2n) is 8.81. The minimum atomic E-state index is -1.59. The molecule has 0 bridgehead atoms. The summed E-state index contributed by atoms with van der Waals surface area (Å²) < 4.78 is 27.0. The minimum Gasteiger partial charge on any atom is -0.336 e. The molecule has 1 fully saturated rings. The standard InChI is InChI=1S/C27H25FN2O3S/c1-18-6-4-5-15-29(18)26(31)20-11-14-25-23(16-20)30(17-19-9-12-21(28)13-10-19)27(32)22-7-2-3-8-24(22)34(25)33/h2-3,7-14,16,18H,4-6,15,17H2,1H3/t18-,34+/m0/s1. The monoisotopic (exact) mass is 476 g/mol. The van der Waals surface area contributed by atoms with Gasteiger partial charge in [0, 0.05) is 18.2 Å². The van der Waals surface area contributed by atoms with Crippen molar-refractivity contribution in [1.82, 2.24) is 4.90 Å². The molecule has 5 rings (SSSR count). The highest BCUT2D eigenvalue weighted by Crippen LogP contribution is 2.36. The molecule has 0 aromatic heterocycles. The fourth-order valence-electron chi connectivity index (χ4n) is 4.69. The minimum absolute atomic E-state index is 0.0864.